The normalized spacial score (nSPS) is 16.5. The molecule has 1 aromatic rings. The average Bonchev–Trinajstić information content (AvgIpc) is 3.02. The van der Waals surface area contributed by atoms with Crippen LogP contribution in [0.25, 0.3) is 0 Å². The maximum Gasteiger partial charge on any atom is 0.317 e. The van der Waals surface area contributed by atoms with Crippen molar-refractivity contribution < 1.29 is 14.4 Å². The van der Waals surface area contributed by atoms with Gasteiger partial charge in [0.05, 0.1) is 19.4 Å². The molecule has 1 aliphatic rings. The van der Waals surface area contributed by atoms with Gasteiger partial charge in [0.15, 0.2) is 6.10 Å². The third-order valence-corrected chi connectivity index (χ3v) is 3.77. The number of hydrogen-bond donors (Lipinski definition) is 1. The zero-order valence-corrected chi connectivity index (χ0v) is 14.9. The molecule has 6 heteroatoms. The first-order chi connectivity index (χ1) is 11.5. The Labute approximate surface area is 143 Å². The second-order valence-electron chi connectivity index (χ2n) is 6.25. The molecule has 2 rings (SSSR count). The van der Waals surface area contributed by atoms with Crippen molar-refractivity contribution in [1.29, 1.82) is 0 Å². The number of urea groups is 1. The van der Waals surface area contributed by atoms with Crippen molar-refractivity contribution in [2.24, 2.45) is 5.16 Å². The van der Waals surface area contributed by atoms with Crippen molar-refractivity contribution >= 4 is 11.7 Å². The van der Waals surface area contributed by atoms with Gasteiger partial charge in [-0.1, -0.05) is 12.1 Å². The van der Waals surface area contributed by atoms with E-state index in [9.17, 15) is 4.79 Å². The smallest absolute Gasteiger partial charge is 0.317 e. The molecule has 1 heterocycles. The number of ether oxygens (including phenoxy) is 1. The third kappa shape index (κ3) is 4.88. The first-order valence-corrected chi connectivity index (χ1v) is 8.46. The molecular weight excluding hydrogens is 306 g/mol. The molecule has 1 aromatic carbocycles. The molecule has 0 unspecified atom stereocenters. The van der Waals surface area contributed by atoms with Crippen LogP contribution in [0.4, 0.5) is 4.79 Å². The quantitative estimate of drug-likeness (QED) is 0.834. The summed E-state index contributed by atoms with van der Waals surface area (Å²) >= 11 is 0. The van der Waals surface area contributed by atoms with Gasteiger partial charge in [0.2, 0.25) is 0 Å². The number of amides is 2. The van der Waals surface area contributed by atoms with E-state index in [1.54, 1.807) is 12.0 Å². The summed E-state index contributed by atoms with van der Waals surface area (Å²) in [7, 11) is 1.64. The minimum Gasteiger partial charge on any atom is -0.497 e. The van der Waals surface area contributed by atoms with E-state index in [0.717, 1.165) is 23.4 Å². The Hall–Kier alpha value is -2.24. The van der Waals surface area contributed by atoms with Gasteiger partial charge < -0.3 is 19.8 Å². The standard InChI is InChI=1S/C18H27N3O3/c1-5-10-21(18(22)19-13(2)3)12-16-11-17(20-24-16)14-6-8-15(23-4)9-7-14/h6-9,13,16H,5,10-12H2,1-4H3,(H,19,22)/t16-/m0/s1. The van der Waals surface area contributed by atoms with E-state index in [1.807, 2.05) is 38.1 Å². The maximum atomic E-state index is 12.3. The summed E-state index contributed by atoms with van der Waals surface area (Å²) in [6.45, 7) is 7.22. The predicted octanol–water partition coefficient (Wildman–Crippen LogP) is 3.02. The maximum absolute atomic E-state index is 12.3. The van der Waals surface area contributed by atoms with E-state index in [0.29, 0.717) is 19.5 Å². The van der Waals surface area contributed by atoms with Gasteiger partial charge in [0, 0.05) is 19.0 Å². The summed E-state index contributed by atoms with van der Waals surface area (Å²) in [5.74, 6) is 0.814. The summed E-state index contributed by atoms with van der Waals surface area (Å²) in [5.41, 5.74) is 1.93. The molecule has 0 aliphatic carbocycles. The van der Waals surface area contributed by atoms with E-state index in [2.05, 4.69) is 17.4 Å². The molecule has 1 N–H and O–H groups in total. The molecule has 6 nitrogen and oxygen atoms in total. The van der Waals surface area contributed by atoms with Crippen LogP contribution in [0.5, 0.6) is 5.75 Å². The number of methoxy groups -OCH3 is 1. The van der Waals surface area contributed by atoms with E-state index >= 15 is 0 Å². The van der Waals surface area contributed by atoms with Gasteiger partial charge in [0.1, 0.15) is 5.75 Å². The predicted molar refractivity (Wildman–Crippen MR) is 94.6 cm³/mol. The molecule has 0 aromatic heterocycles. The van der Waals surface area contributed by atoms with E-state index < -0.39 is 0 Å². The van der Waals surface area contributed by atoms with E-state index in [1.165, 1.54) is 0 Å². The Morgan fingerprint density at radius 2 is 2.12 bits per heavy atom. The summed E-state index contributed by atoms with van der Waals surface area (Å²) in [6, 6.07) is 7.83. The highest BCUT2D eigenvalue weighted by molar-refractivity contribution is 6.01. The van der Waals surface area contributed by atoms with Crippen molar-refractivity contribution in [3.8, 4) is 5.75 Å². The first kappa shape index (κ1) is 18.1. The van der Waals surface area contributed by atoms with Gasteiger partial charge >= 0.3 is 6.03 Å². The van der Waals surface area contributed by atoms with Gasteiger partial charge in [-0.2, -0.15) is 0 Å². The monoisotopic (exact) mass is 333 g/mol. The van der Waals surface area contributed by atoms with Crippen molar-refractivity contribution in [3.63, 3.8) is 0 Å². The minimum absolute atomic E-state index is 0.0478. The van der Waals surface area contributed by atoms with Gasteiger partial charge in [0.25, 0.3) is 0 Å². The highest BCUT2D eigenvalue weighted by Gasteiger charge is 2.26. The number of carbonyl (C=O) groups excluding carboxylic acids is 1. The molecule has 0 bridgehead atoms. The highest BCUT2D eigenvalue weighted by Crippen LogP contribution is 2.20. The number of benzene rings is 1. The lowest BCUT2D eigenvalue weighted by Gasteiger charge is -2.25. The molecule has 0 saturated heterocycles. The summed E-state index contributed by atoms with van der Waals surface area (Å²) < 4.78 is 5.17. The molecule has 132 valence electrons. The summed E-state index contributed by atoms with van der Waals surface area (Å²) in [6.07, 6.45) is 1.50. The van der Waals surface area contributed by atoms with Crippen molar-refractivity contribution in [1.82, 2.24) is 10.2 Å². The fraction of sp³-hybridized carbons (Fsp3) is 0.556. The molecule has 0 fully saturated rings. The lowest BCUT2D eigenvalue weighted by molar-refractivity contribution is 0.0603. The van der Waals surface area contributed by atoms with Crippen LogP contribution in [-0.4, -0.2) is 49.0 Å². The van der Waals surface area contributed by atoms with Crippen molar-refractivity contribution in [3.05, 3.63) is 29.8 Å². The molecule has 2 amide bonds. The molecule has 0 saturated carbocycles. The number of oxime groups is 1. The fourth-order valence-electron chi connectivity index (χ4n) is 2.61. The Morgan fingerprint density at radius 1 is 1.42 bits per heavy atom. The summed E-state index contributed by atoms with van der Waals surface area (Å²) in [5, 5.41) is 7.13. The molecule has 24 heavy (non-hydrogen) atoms. The Bertz CT molecular complexity index is 569. The van der Waals surface area contributed by atoms with Crippen LogP contribution in [-0.2, 0) is 4.84 Å². The number of nitrogens with one attached hydrogen (secondary N) is 1. The fourth-order valence-corrected chi connectivity index (χ4v) is 2.61. The van der Waals surface area contributed by atoms with Crippen LogP contribution in [0.2, 0.25) is 0 Å². The first-order valence-electron chi connectivity index (χ1n) is 8.46. The van der Waals surface area contributed by atoms with Gasteiger partial charge in [-0.05, 0) is 50.1 Å². The largest absolute Gasteiger partial charge is 0.497 e. The number of rotatable bonds is 7. The van der Waals surface area contributed by atoms with Gasteiger partial charge in [-0.15, -0.1) is 0 Å². The molecule has 0 spiro atoms. The number of nitrogens with zero attached hydrogens (tertiary/aromatic N) is 2. The Kier molecular flexibility index (Phi) is 6.46. The Balaban J connectivity index is 1.93. The third-order valence-electron chi connectivity index (χ3n) is 3.77. The van der Waals surface area contributed by atoms with E-state index in [4.69, 9.17) is 9.57 Å². The molecule has 1 aliphatic heterocycles. The van der Waals surface area contributed by atoms with Crippen molar-refractivity contribution in [2.45, 2.75) is 45.8 Å². The van der Waals surface area contributed by atoms with Crippen LogP contribution in [0, 0.1) is 0 Å². The van der Waals surface area contributed by atoms with Gasteiger partial charge in [-0.3, -0.25) is 0 Å². The number of hydrogen-bond acceptors (Lipinski definition) is 4. The molecular formula is C18H27N3O3. The van der Waals surface area contributed by atoms with Crippen LogP contribution in [0.15, 0.2) is 29.4 Å². The van der Waals surface area contributed by atoms with Crippen molar-refractivity contribution in [2.75, 3.05) is 20.2 Å². The summed E-state index contributed by atoms with van der Waals surface area (Å²) in [4.78, 5) is 19.6. The second kappa shape index (κ2) is 8.57. The van der Waals surface area contributed by atoms with Crippen LogP contribution in [0.1, 0.15) is 39.2 Å². The van der Waals surface area contributed by atoms with Crippen LogP contribution < -0.4 is 10.1 Å². The zero-order chi connectivity index (χ0) is 17.5. The number of carbonyl (C=O) groups is 1. The Morgan fingerprint density at radius 3 is 2.71 bits per heavy atom. The van der Waals surface area contributed by atoms with Crippen LogP contribution >= 0.6 is 0 Å². The average molecular weight is 333 g/mol. The lowest BCUT2D eigenvalue weighted by Crippen LogP contribution is -2.46. The highest BCUT2D eigenvalue weighted by atomic mass is 16.6. The minimum atomic E-state index is -0.105. The zero-order valence-electron chi connectivity index (χ0n) is 14.9. The van der Waals surface area contributed by atoms with Crippen LogP contribution in [0.3, 0.4) is 0 Å². The SMILES string of the molecule is CCCN(C[C@@H]1CC(c2ccc(OC)cc2)=NO1)C(=O)NC(C)C. The molecule has 1 atom stereocenters. The lowest BCUT2D eigenvalue weighted by atomic mass is 10.0. The topological polar surface area (TPSA) is 63.2 Å². The second-order valence-corrected chi connectivity index (χ2v) is 6.25. The molecule has 0 radical (unpaired) electrons. The van der Waals surface area contributed by atoms with Gasteiger partial charge in [-0.25, -0.2) is 4.79 Å². The van der Waals surface area contributed by atoms with E-state index in [-0.39, 0.29) is 18.2 Å².